The van der Waals surface area contributed by atoms with Gasteiger partial charge in [0.15, 0.2) is 0 Å². The molecule has 4 rings (SSSR count). The fourth-order valence-electron chi connectivity index (χ4n) is 4.55. The lowest BCUT2D eigenvalue weighted by Gasteiger charge is -2.24. The van der Waals surface area contributed by atoms with Crippen LogP contribution in [-0.4, -0.2) is 44.8 Å². The van der Waals surface area contributed by atoms with E-state index in [1.54, 1.807) is 31.5 Å². The van der Waals surface area contributed by atoms with Crippen molar-refractivity contribution in [3.63, 3.8) is 0 Å². The highest BCUT2D eigenvalue weighted by Crippen LogP contribution is 2.40. The third-order valence-corrected chi connectivity index (χ3v) is 6.32. The number of ether oxygens (including phenoxy) is 2. The Morgan fingerprint density at radius 2 is 1.89 bits per heavy atom. The van der Waals surface area contributed by atoms with Gasteiger partial charge < -0.3 is 20.1 Å². The van der Waals surface area contributed by atoms with Gasteiger partial charge in [-0.05, 0) is 73.6 Å². The summed E-state index contributed by atoms with van der Waals surface area (Å²) in [6.45, 7) is 1.04. The molecule has 0 aliphatic carbocycles. The maximum atomic E-state index is 14.1. The Hall–Kier alpha value is -3.97. The number of rotatable bonds is 10. The summed E-state index contributed by atoms with van der Waals surface area (Å²) in [6.07, 6.45) is 5.13. The number of methoxy groups -OCH3 is 1. The van der Waals surface area contributed by atoms with Crippen LogP contribution in [0.2, 0.25) is 0 Å². The van der Waals surface area contributed by atoms with E-state index < -0.39 is 5.91 Å². The third kappa shape index (κ3) is 6.62. The fourth-order valence-corrected chi connectivity index (χ4v) is 4.55. The van der Waals surface area contributed by atoms with E-state index in [1.807, 2.05) is 50.5 Å². The van der Waals surface area contributed by atoms with Gasteiger partial charge in [-0.1, -0.05) is 30.3 Å². The lowest BCUT2D eigenvalue weighted by Crippen LogP contribution is -2.21. The van der Waals surface area contributed by atoms with Crippen molar-refractivity contribution in [2.45, 2.75) is 25.4 Å². The van der Waals surface area contributed by atoms with E-state index in [1.165, 1.54) is 6.07 Å². The molecule has 0 saturated heterocycles. The van der Waals surface area contributed by atoms with Crippen molar-refractivity contribution in [2.24, 2.45) is 10.7 Å². The average Bonchev–Trinajstić information content (AvgIpc) is 3.08. The molecule has 1 aliphatic heterocycles. The summed E-state index contributed by atoms with van der Waals surface area (Å²) in [5.41, 5.74) is 10.3. The lowest BCUT2D eigenvalue weighted by atomic mass is 9.87. The second-order valence-corrected chi connectivity index (χ2v) is 9.36. The van der Waals surface area contributed by atoms with Crippen LogP contribution in [0.4, 0.5) is 10.1 Å². The molecule has 0 saturated carbocycles. The number of carbonyl (C=O) groups is 1. The topological polar surface area (TPSA) is 77.2 Å². The summed E-state index contributed by atoms with van der Waals surface area (Å²) in [5.74, 6) is 0.498. The molecular weight excluding hydrogens is 469 g/mol. The summed E-state index contributed by atoms with van der Waals surface area (Å²) in [4.78, 5) is 19.1. The molecule has 192 valence electrons. The summed E-state index contributed by atoms with van der Waals surface area (Å²) in [7, 11) is 5.62. The molecule has 2 N–H and O–H groups in total. The molecule has 1 atom stereocenters. The number of hydrogen-bond donors (Lipinski definition) is 1. The highest BCUT2D eigenvalue weighted by Gasteiger charge is 2.23. The Labute approximate surface area is 217 Å². The SMILES string of the molecule is COc1ccc(COc2cc(C(N)=O)c3c(c2)C(CC(CN(C)C)c2cccc(F)c2)=CCC=N3)cc1. The number of nitrogens with two attached hydrogens (primary N) is 1. The normalized spacial score (nSPS) is 13.5. The molecule has 3 aromatic carbocycles. The van der Waals surface area contributed by atoms with Gasteiger partial charge in [-0.25, -0.2) is 4.39 Å². The number of aliphatic imine (C=N–C) groups is 1. The minimum absolute atomic E-state index is 0.0313. The first kappa shape index (κ1) is 26.1. The van der Waals surface area contributed by atoms with E-state index in [2.05, 4.69) is 16.0 Å². The monoisotopic (exact) mass is 501 g/mol. The van der Waals surface area contributed by atoms with Crippen molar-refractivity contribution in [1.82, 2.24) is 4.90 Å². The van der Waals surface area contributed by atoms with Gasteiger partial charge >= 0.3 is 0 Å². The van der Waals surface area contributed by atoms with Crippen LogP contribution in [0.15, 0.2) is 71.7 Å². The molecule has 0 fully saturated rings. The number of hydrogen-bond acceptors (Lipinski definition) is 5. The number of likely N-dealkylation sites (N-methyl/N-ethyl adjacent to an activating group) is 1. The molecule has 6 nitrogen and oxygen atoms in total. The molecule has 1 aliphatic rings. The lowest BCUT2D eigenvalue weighted by molar-refractivity contribution is 0.100. The minimum atomic E-state index is -0.570. The number of amides is 1. The highest BCUT2D eigenvalue weighted by atomic mass is 19.1. The minimum Gasteiger partial charge on any atom is -0.497 e. The number of nitrogens with zero attached hydrogens (tertiary/aromatic N) is 2. The van der Waals surface area contributed by atoms with Gasteiger partial charge in [0.2, 0.25) is 0 Å². The molecule has 3 aromatic rings. The van der Waals surface area contributed by atoms with Gasteiger partial charge in [0.05, 0.1) is 18.4 Å². The van der Waals surface area contributed by atoms with E-state index >= 15 is 0 Å². The quantitative estimate of drug-likeness (QED) is 0.385. The smallest absolute Gasteiger partial charge is 0.251 e. The summed E-state index contributed by atoms with van der Waals surface area (Å²) in [6, 6.07) is 17.9. The number of primary amides is 1. The van der Waals surface area contributed by atoms with E-state index in [0.717, 1.165) is 34.6 Å². The zero-order chi connectivity index (χ0) is 26.4. The highest BCUT2D eigenvalue weighted by molar-refractivity contribution is 6.02. The first-order valence-electron chi connectivity index (χ1n) is 12.2. The molecule has 7 heteroatoms. The zero-order valence-electron chi connectivity index (χ0n) is 21.4. The van der Waals surface area contributed by atoms with Crippen LogP contribution in [0.3, 0.4) is 0 Å². The van der Waals surface area contributed by atoms with Crippen LogP contribution in [0, 0.1) is 5.82 Å². The largest absolute Gasteiger partial charge is 0.497 e. The molecule has 0 aromatic heterocycles. The standard InChI is InChI=1S/C30H32FN3O3/c1-34(2)18-23(21-6-4-8-24(31)15-21)14-22-7-5-13-33-29-27(22)16-26(17-28(29)30(32)35)37-19-20-9-11-25(36-3)12-10-20/h4,6-13,15-17,23H,5,14,18-19H2,1-3H3,(H2,32,35). The molecule has 0 spiro atoms. The molecule has 1 amide bonds. The predicted octanol–water partition coefficient (Wildman–Crippen LogP) is 5.74. The first-order valence-corrected chi connectivity index (χ1v) is 12.2. The predicted molar refractivity (Wildman–Crippen MR) is 145 cm³/mol. The van der Waals surface area contributed by atoms with Crippen molar-refractivity contribution in [2.75, 3.05) is 27.7 Å². The summed E-state index contributed by atoms with van der Waals surface area (Å²) < 4.78 is 25.4. The Balaban J connectivity index is 1.68. The second-order valence-electron chi connectivity index (χ2n) is 9.36. The van der Waals surface area contributed by atoms with Crippen LogP contribution in [0.5, 0.6) is 11.5 Å². The maximum Gasteiger partial charge on any atom is 0.251 e. The fraction of sp³-hybridized carbons (Fsp3) is 0.267. The Morgan fingerprint density at radius 1 is 1.11 bits per heavy atom. The number of fused-ring (bicyclic) bond motifs is 1. The van der Waals surface area contributed by atoms with Crippen LogP contribution in [0.1, 0.15) is 45.8 Å². The second kappa shape index (κ2) is 11.8. The van der Waals surface area contributed by atoms with Gasteiger partial charge in [-0.2, -0.15) is 0 Å². The van der Waals surface area contributed by atoms with Crippen molar-refractivity contribution < 1.29 is 18.7 Å². The van der Waals surface area contributed by atoms with Crippen molar-refractivity contribution in [1.29, 1.82) is 0 Å². The first-order chi connectivity index (χ1) is 17.8. The molecule has 37 heavy (non-hydrogen) atoms. The van der Waals surface area contributed by atoms with Gasteiger partial charge in [0.1, 0.15) is 23.9 Å². The van der Waals surface area contributed by atoms with Gasteiger partial charge in [0.25, 0.3) is 5.91 Å². The van der Waals surface area contributed by atoms with E-state index in [-0.39, 0.29) is 11.7 Å². The Morgan fingerprint density at radius 3 is 2.57 bits per heavy atom. The van der Waals surface area contributed by atoms with Crippen molar-refractivity contribution in [3.05, 3.63) is 94.8 Å². The Kier molecular flexibility index (Phi) is 8.36. The van der Waals surface area contributed by atoms with E-state index in [0.29, 0.717) is 36.4 Å². The average molecular weight is 502 g/mol. The third-order valence-electron chi connectivity index (χ3n) is 6.32. The van der Waals surface area contributed by atoms with E-state index in [4.69, 9.17) is 15.2 Å². The van der Waals surface area contributed by atoms with Crippen LogP contribution < -0.4 is 15.2 Å². The number of halogens is 1. The molecule has 1 unspecified atom stereocenters. The van der Waals surface area contributed by atoms with Crippen LogP contribution >= 0.6 is 0 Å². The number of allylic oxidation sites excluding steroid dienone is 2. The summed E-state index contributed by atoms with van der Waals surface area (Å²) in [5, 5.41) is 0. The van der Waals surface area contributed by atoms with Gasteiger partial charge in [-0.15, -0.1) is 0 Å². The van der Waals surface area contributed by atoms with Gasteiger partial charge in [-0.3, -0.25) is 9.79 Å². The van der Waals surface area contributed by atoms with Gasteiger partial charge in [0, 0.05) is 30.7 Å². The summed E-state index contributed by atoms with van der Waals surface area (Å²) >= 11 is 0. The molecule has 0 radical (unpaired) electrons. The Bertz CT molecular complexity index is 1320. The number of carbonyl (C=O) groups excluding carboxylic acids is 1. The number of benzene rings is 3. The van der Waals surface area contributed by atoms with Crippen LogP contribution in [-0.2, 0) is 6.61 Å². The molecule has 1 heterocycles. The van der Waals surface area contributed by atoms with E-state index in [9.17, 15) is 9.18 Å². The van der Waals surface area contributed by atoms with Crippen molar-refractivity contribution in [3.8, 4) is 11.5 Å². The molecule has 0 bridgehead atoms. The molecular formula is C30H32FN3O3. The maximum absolute atomic E-state index is 14.1. The zero-order valence-corrected chi connectivity index (χ0v) is 21.4. The van der Waals surface area contributed by atoms with Crippen molar-refractivity contribution >= 4 is 23.4 Å². The van der Waals surface area contributed by atoms with Crippen LogP contribution in [0.25, 0.3) is 5.57 Å².